The van der Waals surface area contributed by atoms with Gasteiger partial charge in [0.1, 0.15) is 4.83 Å². The Labute approximate surface area is 192 Å². The van der Waals surface area contributed by atoms with Gasteiger partial charge in [-0.25, -0.2) is 4.98 Å². The Bertz CT molecular complexity index is 1370. The molecule has 1 aliphatic heterocycles. The summed E-state index contributed by atoms with van der Waals surface area (Å²) in [5, 5.41) is 3.12. The van der Waals surface area contributed by atoms with Gasteiger partial charge in [0.05, 0.1) is 16.5 Å². The van der Waals surface area contributed by atoms with E-state index in [-0.39, 0.29) is 17.4 Å². The van der Waals surface area contributed by atoms with Crippen LogP contribution in [0.25, 0.3) is 21.3 Å². The van der Waals surface area contributed by atoms with E-state index in [1.165, 1.54) is 33.6 Å². The molecule has 4 aromatic rings. The van der Waals surface area contributed by atoms with Crippen LogP contribution in [-0.2, 0) is 0 Å². The Balaban J connectivity index is 1.26. The number of nitrogens with one attached hydrogen (secondary N) is 1. The van der Waals surface area contributed by atoms with Crippen LogP contribution >= 0.6 is 23.1 Å². The minimum absolute atomic E-state index is 0.158. The lowest BCUT2D eigenvalue weighted by Gasteiger charge is -2.13. The monoisotopic (exact) mass is 461 g/mol. The molecule has 32 heavy (non-hydrogen) atoms. The van der Waals surface area contributed by atoms with Gasteiger partial charge >= 0.3 is 0 Å². The number of hydrogen-bond acceptors (Lipinski definition) is 6. The fraction of sp³-hybridized carbons (Fsp3) is 0.167. The largest absolute Gasteiger partial charge is 0.301 e. The first-order valence-corrected chi connectivity index (χ1v) is 12.1. The van der Waals surface area contributed by atoms with E-state index in [0.717, 1.165) is 11.1 Å². The van der Waals surface area contributed by atoms with Crippen LogP contribution < -0.4 is 5.56 Å². The van der Waals surface area contributed by atoms with Crippen molar-refractivity contribution in [1.82, 2.24) is 14.9 Å². The minimum atomic E-state index is -0.245. The molecule has 8 heteroatoms. The van der Waals surface area contributed by atoms with Crippen molar-refractivity contribution in [2.75, 3.05) is 12.3 Å². The Kier molecular flexibility index (Phi) is 5.40. The number of aryl methyl sites for hydroxylation is 1. The summed E-state index contributed by atoms with van der Waals surface area (Å²) in [6.07, 6.45) is 0.608. The molecule has 0 radical (unpaired) electrons. The number of amides is 2. The zero-order valence-corrected chi connectivity index (χ0v) is 18.9. The molecule has 0 fully saturated rings. The summed E-state index contributed by atoms with van der Waals surface area (Å²) >= 11 is 2.87. The number of benzene rings is 2. The number of rotatable bonds is 6. The third kappa shape index (κ3) is 3.65. The summed E-state index contributed by atoms with van der Waals surface area (Å²) in [5.41, 5.74) is 3.82. The van der Waals surface area contributed by atoms with Gasteiger partial charge in [0.15, 0.2) is 5.16 Å². The SMILES string of the molecule is Cc1ccc(-c2csc3nc(SCCCN4C(=O)c5ccccc5C4=O)[nH]c(=O)c23)cc1. The molecule has 6 nitrogen and oxygen atoms in total. The Morgan fingerprint density at radius 3 is 2.34 bits per heavy atom. The molecule has 0 aliphatic carbocycles. The van der Waals surface area contributed by atoms with Gasteiger partial charge in [-0.15, -0.1) is 11.3 Å². The molecule has 0 bridgehead atoms. The molecule has 0 unspecified atom stereocenters. The van der Waals surface area contributed by atoms with Crippen molar-refractivity contribution in [1.29, 1.82) is 0 Å². The molecule has 3 heterocycles. The van der Waals surface area contributed by atoms with Crippen LogP contribution in [0.2, 0.25) is 0 Å². The van der Waals surface area contributed by atoms with Gasteiger partial charge in [0, 0.05) is 23.2 Å². The molecule has 0 saturated carbocycles. The first-order chi connectivity index (χ1) is 15.5. The van der Waals surface area contributed by atoms with Gasteiger partial charge in [-0.05, 0) is 31.0 Å². The number of imide groups is 1. The highest BCUT2D eigenvalue weighted by Gasteiger charge is 2.34. The van der Waals surface area contributed by atoms with Crippen molar-refractivity contribution in [2.24, 2.45) is 0 Å². The van der Waals surface area contributed by atoms with Gasteiger partial charge in [-0.2, -0.15) is 0 Å². The zero-order valence-electron chi connectivity index (χ0n) is 17.3. The van der Waals surface area contributed by atoms with E-state index in [9.17, 15) is 14.4 Å². The number of nitrogens with zero attached hydrogens (tertiary/aromatic N) is 2. The van der Waals surface area contributed by atoms with Crippen LogP contribution in [0, 0.1) is 6.92 Å². The third-order valence-electron chi connectivity index (χ3n) is 5.43. The first-order valence-electron chi connectivity index (χ1n) is 10.2. The molecule has 1 aliphatic rings. The summed E-state index contributed by atoms with van der Waals surface area (Å²) < 4.78 is 0. The summed E-state index contributed by atoms with van der Waals surface area (Å²) in [5.74, 6) is 0.134. The minimum Gasteiger partial charge on any atom is -0.301 e. The molecule has 0 saturated heterocycles. The highest BCUT2D eigenvalue weighted by molar-refractivity contribution is 7.99. The van der Waals surface area contributed by atoms with Crippen LogP contribution in [0.4, 0.5) is 0 Å². The van der Waals surface area contributed by atoms with Gasteiger partial charge in [0.25, 0.3) is 17.4 Å². The summed E-state index contributed by atoms with van der Waals surface area (Å²) in [6.45, 7) is 2.37. The number of thiophene rings is 1. The third-order valence-corrected chi connectivity index (χ3v) is 7.26. The molecule has 1 N–H and O–H groups in total. The van der Waals surface area contributed by atoms with E-state index in [2.05, 4.69) is 9.97 Å². The number of H-pyrrole nitrogens is 1. The average Bonchev–Trinajstić information content (AvgIpc) is 3.33. The second kappa shape index (κ2) is 8.37. The van der Waals surface area contributed by atoms with Gasteiger partial charge < -0.3 is 4.98 Å². The molecule has 2 aromatic heterocycles. The maximum atomic E-state index is 12.8. The van der Waals surface area contributed by atoms with Gasteiger partial charge in [-0.3, -0.25) is 19.3 Å². The van der Waals surface area contributed by atoms with Crippen molar-refractivity contribution in [3.8, 4) is 11.1 Å². The Morgan fingerprint density at radius 2 is 1.66 bits per heavy atom. The first kappa shape index (κ1) is 20.7. The van der Waals surface area contributed by atoms with Crippen LogP contribution in [0.1, 0.15) is 32.7 Å². The van der Waals surface area contributed by atoms with Crippen LogP contribution in [0.15, 0.2) is 63.9 Å². The van der Waals surface area contributed by atoms with E-state index in [4.69, 9.17) is 0 Å². The van der Waals surface area contributed by atoms with Crippen molar-refractivity contribution in [3.63, 3.8) is 0 Å². The highest BCUT2D eigenvalue weighted by atomic mass is 32.2. The molecule has 2 amide bonds. The van der Waals surface area contributed by atoms with Crippen molar-refractivity contribution in [3.05, 3.63) is 81.0 Å². The lowest BCUT2D eigenvalue weighted by atomic mass is 10.1. The second-order valence-electron chi connectivity index (χ2n) is 7.58. The fourth-order valence-electron chi connectivity index (χ4n) is 3.78. The molecule has 5 rings (SSSR count). The smallest absolute Gasteiger partial charge is 0.261 e. The normalized spacial score (nSPS) is 13.2. The molecular formula is C24H19N3O3S2. The predicted molar refractivity (Wildman–Crippen MR) is 128 cm³/mol. The number of hydrogen-bond donors (Lipinski definition) is 1. The maximum Gasteiger partial charge on any atom is 0.261 e. The Morgan fingerprint density at radius 1 is 0.969 bits per heavy atom. The van der Waals surface area contributed by atoms with Crippen LogP contribution in [-0.4, -0.2) is 39.0 Å². The molecule has 2 aromatic carbocycles. The van der Waals surface area contributed by atoms with E-state index in [0.29, 0.717) is 45.2 Å². The Hall–Kier alpha value is -3.23. The zero-order chi connectivity index (χ0) is 22.2. The lowest BCUT2D eigenvalue weighted by Crippen LogP contribution is -2.31. The van der Waals surface area contributed by atoms with E-state index in [1.807, 2.05) is 36.6 Å². The fourth-order valence-corrected chi connectivity index (χ4v) is 5.57. The van der Waals surface area contributed by atoms with Crippen molar-refractivity contribution in [2.45, 2.75) is 18.5 Å². The van der Waals surface area contributed by atoms with Crippen LogP contribution in [0.3, 0.4) is 0 Å². The number of carbonyl (C=O) groups excluding carboxylic acids is 2. The number of aromatic nitrogens is 2. The van der Waals surface area contributed by atoms with Crippen molar-refractivity contribution < 1.29 is 9.59 Å². The topological polar surface area (TPSA) is 83.1 Å². The van der Waals surface area contributed by atoms with Crippen molar-refractivity contribution >= 4 is 45.1 Å². The molecule has 0 atom stereocenters. The highest BCUT2D eigenvalue weighted by Crippen LogP contribution is 2.32. The summed E-state index contributed by atoms with van der Waals surface area (Å²) in [6, 6.07) is 15.0. The maximum absolute atomic E-state index is 12.8. The van der Waals surface area contributed by atoms with E-state index >= 15 is 0 Å². The van der Waals surface area contributed by atoms with Gasteiger partial charge in [-0.1, -0.05) is 53.7 Å². The molecule has 0 spiro atoms. The second-order valence-corrected chi connectivity index (χ2v) is 9.52. The average molecular weight is 462 g/mol. The standard InChI is InChI=1S/C24H19N3O3S2/c1-14-7-9-15(10-8-14)18-13-32-21-19(18)20(28)25-24(26-21)31-12-4-11-27-22(29)16-5-2-3-6-17(16)23(27)30/h2-3,5-10,13H,4,11-12H2,1H3,(H,25,26,28). The quantitative estimate of drug-likeness (QED) is 0.194. The lowest BCUT2D eigenvalue weighted by molar-refractivity contribution is 0.0655. The van der Waals surface area contributed by atoms with E-state index < -0.39 is 0 Å². The number of fused-ring (bicyclic) bond motifs is 2. The van der Waals surface area contributed by atoms with Gasteiger partial charge in [0.2, 0.25) is 0 Å². The number of aromatic amines is 1. The van der Waals surface area contributed by atoms with Crippen LogP contribution in [0.5, 0.6) is 0 Å². The summed E-state index contributed by atoms with van der Waals surface area (Å²) in [4.78, 5) is 47.1. The van der Waals surface area contributed by atoms with E-state index in [1.54, 1.807) is 24.3 Å². The summed E-state index contributed by atoms with van der Waals surface area (Å²) in [7, 11) is 0. The number of carbonyl (C=O) groups is 2. The molecule has 160 valence electrons. The predicted octanol–water partition coefficient (Wildman–Crippen LogP) is 4.74. The molecular weight excluding hydrogens is 442 g/mol. The number of thioether (sulfide) groups is 1.